The molecule has 5 rings (SSSR count). The molecule has 2 amide bonds. The van der Waals surface area contributed by atoms with Crippen LogP contribution in [-0.2, 0) is 0 Å². The second kappa shape index (κ2) is 10.1. The zero-order valence-corrected chi connectivity index (χ0v) is 21.3. The summed E-state index contributed by atoms with van der Waals surface area (Å²) in [5.41, 5.74) is 2.90. The number of anilines is 3. The van der Waals surface area contributed by atoms with Crippen molar-refractivity contribution in [3.05, 3.63) is 118 Å². The number of pyridine rings is 1. The monoisotopic (exact) mass is 561 g/mol. The van der Waals surface area contributed by atoms with E-state index in [0.29, 0.717) is 27.2 Å². The van der Waals surface area contributed by atoms with E-state index in [1.807, 2.05) is 54.6 Å². The predicted molar refractivity (Wildman–Crippen MR) is 149 cm³/mol. The molecule has 0 fully saturated rings. The smallest absolute Gasteiger partial charge is 0.307 e. The first-order valence-electron chi connectivity index (χ1n) is 10.8. The highest BCUT2D eigenvalue weighted by molar-refractivity contribution is 9.10. The first-order valence-corrected chi connectivity index (χ1v) is 12.3. The second-order valence-corrected chi connectivity index (χ2v) is 9.42. The van der Waals surface area contributed by atoms with Gasteiger partial charge in [0.05, 0.1) is 15.9 Å². The van der Waals surface area contributed by atoms with Crippen molar-refractivity contribution in [2.75, 3.05) is 10.2 Å². The van der Waals surface area contributed by atoms with Crippen LogP contribution in [0.3, 0.4) is 0 Å². The third-order valence-electron chi connectivity index (χ3n) is 5.47. The maximum atomic E-state index is 13.8. The Balaban J connectivity index is 1.72. The molecule has 4 nitrogen and oxygen atoms in total. The van der Waals surface area contributed by atoms with Gasteiger partial charge in [-0.15, -0.1) is 0 Å². The Morgan fingerprint density at radius 1 is 0.743 bits per heavy atom. The first kappa shape index (κ1) is 23.4. The summed E-state index contributed by atoms with van der Waals surface area (Å²) >= 11 is 15.9. The van der Waals surface area contributed by atoms with Crippen LogP contribution in [-0.4, -0.2) is 11.0 Å². The molecule has 4 aromatic carbocycles. The van der Waals surface area contributed by atoms with Gasteiger partial charge < -0.3 is 5.32 Å². The fraction of sp³-hybridized carbons (Fsp3) is 0. The van der Waals surface area contributed by atoms with Crippen molar-refractivity contribution in [3.8, 4) is 11.3 Å². The molecule has 0 unspecified atom stereocenters. The van der Waals surface area contributed by atoms with Crippen LogP contribution in [0, 0.1) is 0 Å². The van der Waals surface area contributed by atoms with E-state index in [2.05, 4.69) is 21.2 Å². The lowest BCUT2D eigenvalue weighted by molar-refractivity contribution is 0.259. The second-order valence-electron chi connectivity index (χ2n) is 7.76. The van der Waals surface area contributed by atoms with Crippen LogP contribution in [0.1, 0.15) is 0 Å². The molecule has 0 bridgehead atoms. The highest BCUT2D eigenvalue weighted by Crippen LogP contribution is 2.40. The summed E-state index contributed by atoms with van der Waals surface area (Å²) in [5, 5.41) is 5.89. The van der Waals surface area contributed by atoms with E-state index in [4.69, 9.17) is 28.2 Å². The van der Waals surface area contributed by atoms with Gasteiger partial charge in [0.2, 0.25) is 0 Å². The van der Waals surface area contributed by atoms with Crippen LogP contribution in [0.5, 0.6) is 0 Å². The zero-order chi connectivity index (χ0) is 24.4. The number of amides is 2. The standard InChI is InChI=1S/C28H18BrCl2N3O/c29-25-23-8-4-5-9-24(23)27(33-26(25)18-6-2-1-3-7-18)34(22-16-12-20(31)13-17-22)28(35)32-21-14-10-19(30)11-15-21/h1-17H,(H,32,35). The van der Waals surface area contributed by atoms with Crippen LogP contribution in [0.15, 0.2) is 108 Å². The highest BCUT2D eigenvalue weighted by atomic mass is 79.9. The number of hydrogen-bond acceptors (Lipinski definition) is 2. The molecule has 1 heterocycles. The van der Waals surface area contributed by atoms with Gasteiger partial charge in [0.25, 0.3) is 0 Å². The van der Waals surface area contributed by atoms with Crippen molar-refractivity contribution in [2.45, 2.75) is 0 Å². The summed E-state index contributed by atoms with van der Waals surface area (Å²) in [6.45, 7) is 0. The Labute approximate surface area is 221 Å². The Morgan fingerprint density at radius 3 is 1.97 bits per heavy atom. The van der Waals surface area contributed by atoms with Crippen molar-refractivity contribution >= 4 is 73.1 Å². The number of benzene rings is 4. The molecule has 5 aromatic rings. The molecule has 0 saturated heterocycles. The minimum atomic E-state index is -0.367. The lowest BCUT2D eigenvalue weighted by Crippen LogP contribution is -2.31. The number of nitrogens with one attached hydrogen (secondary N) is 1. The number of rotatable bonds is 4. The van der Waals surface area contributed by atoms with Crippen LogP contribution in [0.25, 0.3) is 22.0 Å². The van der Waals surface area contributed by atoms with Gasteiger partial charge in [-0.05, 0) is 64.5 Å². The van der Waals surface area contributed by atoms with Gasteiger partial charge >= 0.3 is 6.03 Å². The van der Waals surface area contributed by atoms with Gasteiger partial charge in [-0.1, -0.05) is 77.8 Å². The van der Waals surface area contributed by atoms with Gasteiger partial charge in [0, 0.05) is 32.1 Å². The number of aromatic nitrogens is 1. The average Bonchev–Trinajstić information content (AvgIpc) is 2.88. The lowest BCUT2D eigenvalue weighted by Gasteiger charge is -2.25. The molecule has 0 aliphatic rings. The van der Waals surface area contributed by atoms with Gasteiger partial charge in [-0.3, -0.25) is 0 Å². The molecule has 0 aliphatic heterocycles. The minimum absolute atomic E-state index is 0.367. The molecule has 0 aliphatic carbocycles. The first-order chi connectivity index (χ1) is 17.0. The Kier molecular flexibility index (Phi) is 6.73. The zero-order valence-electron chi connectivity index (χ0n) is 18.3. The average molecular weight is 563 g/mol. The van der Waals surface area contributed by atoms with Gasteiger partial charge in [-0.25, -0.2) is 14.7 Å². The number of halogens is 3. The minimum Gasteiger partial charge on any atom is -0.307 e. The third kappa shape index (κ3) is 4.89. The number of carbonyl (C=O) groups excluding carboxylic acids is 1. The Morgan fingerprint density at radius 2 is 1.31 bits per heavy atom. The van der Waals surface area contributed by atoms with Gasteiger partial charge in [-0.2, -0.15) is 0 Å². The van der Waals surface area contributed by atoms with Crippen LogP contribution < -0.4 is 10.2 Å². The molecule has 1 aromatic heterocycles. The van der Waals surface area contributed by atoms with E-state index in [1.54, 1.807) is 53.4 Å². The molecular formula is C28H18BrCl2N3O. The van der Waals surface area contributed by atoms with Crippen LogP contribution in [0.2, 0.25) is 10.0 Å². The SMILES string of the molecule is O=C(Nc1ccc(Cl)cc1)N(c1ccc(Cl)cc1)c1nc(-c2ccccc2)c(Br)c2ccccc12. The number of hydrogen-bond donors (Lipinski definition) is 1. The number of nitrogens with zero attached hydrogens (tertiary/aromatic N) is 2. The molecule has 1 N–H and O–H groups in total. The maximum Gasteiger partial charge on any atom is 0.332 e. The van der Waals surface area contributed by atoms with E-state index < -0.39 is 0 Å². The molecule has 7 heteroatoms. The summed E-state index contributed by atoms with van der Waals surface area (Å²) in [6.07, 6.45) is 0. The van der Waals surface area contributed by atoms with E-state index in [0.717, 1.165) is 26.5 Å². The number of urea groups is 1. The van der Waals surface area contributed by atoms with Crippen molar-refractivity contribution in [2.24, 2.45) is 0 Å². The molecule has 172 valence electrons. The van der Waals surface area contributed by atoms with Crippen molar-refractivity contribution < 1.29 is 4.79 Å². The Hall–Kier alpha value is -3.38. The normalized spacial score (nSPS) is 10.8. The van der Waals surface area contributed by atoms with Crippen molar-refractivity contribution in [3.63, 3.8) is 0 Å². The van der Waals surface area contributed by atoms with E-state index >= 15 is 0 Å². The molecule has 0 spiro atoms. The van der Waals surface area contributed by atoms with E-state index in [1.165, 1.54) is 0 Å². The third-order valence-corrected chi connectivity index (χ3v) is 6.78. The summed E-state index contributed by atoms with van der Waals surface area (Å²) in [4.78, 5) is 20.3. The largest absolute Gasteiger partial charge is 0.332 e. The summed E-state index contributed by atoms with van der Waals surface area (Å²) in [7, 11) is 0. The van der Waals surface area contributed by atoms with Crippen molar-refractivity contribution in [1.29, 1.82) is 0 Å². The van der Waals surface area contributed by atoms with Crippen molar-refractivity contribution in [1.82, 2.24) is 4.98 Å². The summed E-state index contributed by atoms with van der Waals surface area (Å²) in [6, 6.07) is 31.4. The number of carbonyl (C=O) groups is 1. The molecule has 0 saturated carbocycles. The predicted octanol–water partition coefficient (Wildman–Crippen LogP) is 9.34. The molecular weight excluding hydrogens is 545 g/mol. The lowest BCUT2D eigenvalue weighted by atomic mass is 10.1. The topological polar surface area (TPSA) is 45.2 Å². The maximum absolute atomic E-state index is 13.8. The van der Waals surface area contributed by atoms with Crippen LogP contribution in [0.4, 0.5) is 22.0 Å². The summed E-state index contributed by atoms with van der Waals surface area (Å²) < 4.78 is 0.859. The van der Waals surface area contributed by atoms with Gasteiger partial charge in [0.15, 0.2) is 0 Å². The fourth-order valence-corrected chi connectivity index (χ4v) is 4.72. The Bertz CT molecular complexity index is 1510. The van der Waals surface area contributed by atoms with E-state index in [-0.39, 0.29) is 6.03 Å². The van der Waals surface area contributed by atoms with Gasteiger partial charge in [0.1, 0.15) is 5.82 Å². The molecule has 35 heavy (non-hydrogen) atoms. The van der Waals surface area contributed by atoms with E-state index in [9.17, 15) is 4.79 Å². The van der Waals surface area contributed by atoms with Crippen LogP contribution >= 0.6 is 39.1 Å². The summed E-state index contributed by atoms with van der Waals surface area (Å²) in [5.74, 6) is 0.497. The fourth-order valence-electron chi connectivity index (χ4n) is 3.81. The molecule has 0 radical (unpaired) electrons. The number of fused-ring (bicyclic) bond motifs is 1. The highest BCUT2D eigenvalue weighted by Gasteiger charge is 2.24. The quantitative estimate of drug-likeness (QED) is 0.237. The molecule has 0 atom stereocenters.